The molecule has 0 atom stereocenters. The molecule has 0 amide bonds. The topological polar surface area (TPSA) is 23.8 Å². The molecular weight excluding hydrogens is 153 g/mol. The van der Waals surface area contributed by atoms with Crippen molar-refractivity contribution in [3.05, 3.63) is 34.6 Å². The second kappa shape index (κ2) is 3.36. The summed E-state index contributed by atoms with van der Waals surface area (Å²) in [5, 5.41) is 8.46. The van der Waals surface area contributed by atoms with E-state index in [0.29, 0.717) is 12.0 Å². The molecule has 0 saturated heterocycles. The highest BCUT2D eigenvalue weighted by atomic mass is 19.1. The Morgan fingerprint density at radius 1 is 1.33 bits per heavy atom. The molecule has 0 aliphatic heterocycles. The third-order valence-corrected chi connectivity index (χ3v) is 2.10. The molecule has 1 aromatic rings. The van der Waals surface area contributed by atoms with Crippen molar-refractivity contribution in [3.8, 4) is 6.07 Å². The molecule has 0 N–H and O–H groups in total. The Hall–Kier alpha value is -1.36. The zero-order valence-electron chi connectivity index (χ0n) is 7.19. The van der Waals surface area contributed by atoms with Crippen molar-refractivity contribution in [2.45, 2.75) is 20.3 Å². The molecule has 0 aliphatic rings. The van der Waals surface area contributed by atoms with Gasteiger partial charge in [0.25, 0.3) is 0 Å². The summed E-state index contributed by atoms with van der Waals surface area (Å²) >= 11 is 0. The van der Waals surface area contributed by atoms with Gasteiger partial charge in [-0.25, -0.2) is 4.39 Å². The van der Waals surface area contributed by atoms with Crippen molar-refractivity contribution in [3.63, 3.8) is 0 Å². The summed E-state index contributed by atoms with van der Waals surface area (Å²) in [6.07, 6.45) is 0.354. The van der Waals surface area contributed by atoms with Crippen LogP contribution in [0.5, 0.6) is 0 Å². The number of rotatable bonds is 1. The van der Waals surface area contributed by atoms with Gasteiger partial charge in [-0.05, 0) is 36.6 Å². The smallest absolute Gasteiger partial charge is 0.126 e. The fourth-order valence-electron chi connectivity index (χ4n) is 1.12. The average molecular weight is 163 g/mol. The highest BCUT2D eigenvalue weighted by Gasteiger charge is 2.04. The van der Waals surface area contributed by atoms with Gasteiger partial charge in [0.1, 0.15) is 5.82 Å². The van der Waals surface area contributed by atoms with Crippen LogP contribution < -0.4 is 0 Å². The minimum Gasteiger partial charge on any atom is -0.207 e. The van der Waals surface area contributed by atoms with E-state index in [1.54, 1.807) is 13.0 Å². The predicted molar refractivity (Wildman–Crippen MR) is 45.2 cm³/mol. The lowest BCUT2D eigenvalue weighted by Gasteiger charge is -2.05. The first-order valence-electron chi connectivity index (χ1n) is 3.78. The van der Waals surface area contributed by atoms with E-state index in [-0.39, 0.29) is 5.82 Å². The van der Waals surface area contributed by atoms with E-state index in [0.717, 1.165) is 11.1 Å². The van der Waals surface area contributed by atoms with Crippen molar-refractivity contribution in [1.82, 2.24) is 0 Å². The van der Waals surface area contributed by atoms with Crippen molar-refractivity contribution in [2.24, 2.45) is 0 Å². The van der Waals surface area contributed by atoms with Crippen molar-refractivity contribution >= 4 is 0 Å². The van der Waals surface area contributed by atoms with Crippen LogP contribution in [0.1, 0.15) is 16.7 Å². The van der Waals surface area contributed by atoms with Crippen LogP contribution in [0, 0.1) is 31.0 Å². The molecule has 0 heterocycles. The van der Waals surface area contributed by atoms with Crippen molar-refractivity contribution in [1.29, 1.82) is 5.26 Å². The van der Waals surface area contributed by atoms with E-state index in [2.05, 4.69) is 0 Å². The maximum atomic E-state index is 12.9. The predicted octanol–water partition coefficient (Wildman–Crippen LogP) is 2.51. The fraction of sp³-hybridized carbons (Fsp3) is 0.300. The Labute approximate surface area is 71.4 Å². The van der Waals surface area contributed by atoms with E-state index >= 15 is 0 Å². The first-order valence-corrected chi connectivity index (χ1v) is 3.78. The molecule has 1 rings (SSSR count). The summed E-state index contributed by atoms with van der Waals surface area (Å²) in [5.74, 6) is -0.200. The molecule has 62 valence electrons. The molecule has 2 heteroatoms. The Kier molecular flexibility index (Phi) is 2.44. The van der Waals surface area contributed by atoms with Gasteiger partial charge in [-0.15, -0.1) is 0 Å². The van der Waals surface area contributed by atoms with Gasteiger partial charge in [0.05, 0.1) is 12.5 Å². The summed E-state index contributed by atoms with van der Waals surface area (Å²) in [6, 6.07) is 5.13. The number of benzene rings is 1. The molecule has 0 aromatic heterocycles. The molecule has 12 heavy (non-hydrogen) atoms. The number of halogens is 1. The van der Waals surface area contributed by atoms with E-state index in [9.17, 15) is 4.39 Å². The summed E-state index contributed by atoms with van der Waals surface area (Å²) in [6.45, 7) is 3.57. The van der Waals surface area contributed by atoms with Crippen LogP contribution in [0.4, 0.5) is 4.39 Å². The summed E-state index contributed by atoms with van der Waals surface area (Å²) in [7, 11) is 0. The van der Waals surface area contributed by atoms with Gasteiger partial charge in [-0.1, -0.05) is 6.07 Å². The Morgan fingerprint density at radius 2 is 2.00 bits per heavy atom. The zero-order chi connectivity index (χ0) is 9.14. The largest absolute Gasteiger partial charge is 0.207 e. The van der Waals surface area contributed by atoms with E-state index < -0.39 is 0 Å². The molecule has 0 unspecified atom stereocenters. The van der Waals surface area contributed by atoms with Crippen LogP contribution >= 0.6 is 0 Å². The normalized spacial score (nSPS) is 9.50. The Morgan fingerprint density at radius 3 is 2.58 bits per heavy atom. The van der Waals surface area contributed by atoms with Crippen LogP contribution in [0.25, 0.3) is 0 Å². The number of nitrogens with zero attached hydrogens (tertiary/aromatic N) is 1. The van der Waals surface area contributed by atoms with Gasteiger partial charge in [0.15, 0.2) is 0 Å². The molecule has 0 aliphatic carbocycles. The molecule has 0 bridgehead atoms. The molecule has 0 spiro atoms. The van der Waals surface area contributed by atoms with Crippen LogP contribution in [0.15, 0.2) is 12.1 Å². The van der Waals surface area contributed by atoms with E-state index in [1.165, 1.54) is 6.07 Å². The van der Waals surface area contributed by atoms with Gasteiger partial charge in [-0.2, -0.15) is 5.26 Å². The van der Waals surface area contributed by atoms with Gasteiger partial charge < -0.3 is 0 Å². The first-order chi connectivity index (χ1) is 5.66. The SMILES string of the molecule is Cc1c(F)ccc(CC#N)c1C. The zero-order valence-corrected chi connectivity index (χ0v) is 7.19. The number of hydrogen-bond acceptors (Lipinski definition) is 1. The van der Waals surface area contributed by atoms with Crippen molar-refractivity contribution < 1.29 is 4.39 Å². The molecule has 0 radical (unpaired) electrons. The van der Waals surface area contributed by atoms with Crippen molar-refractivity contribution in [2.75, 3.05) is 0 Å². The van der Waals surface area contributed by atoms with Gasteiger partial charge in [0.2, 0.25) is 0 Å². The minimum absolute atomic E-state index is 0.200. The quantitative estimate of drug-likeness (QED) is 0.624. The Balaban J connectivity index is 3.19. The number of hydrogen-bond donors (Lipinski definition) is 0. The molecular formula is C10H10FN. The summed E-state index contributed by atoms with van der Waals surface area (Å²) in [5.41, 5.74) is 2.44. The number of nitriles is 1. The molecule has 0 saturated carbocycles. The lowest BCUT2D eigenvalue weighted by molar-refractivity contribution is 0.616. The summed E-state index contributed by atoms with van der Waals surface area (Å²) < 4.78 is 12.9. The average Bonchev–Trinajstić information content (AvgIpc) is 2.07. The molecule has 1 aromatic carbocycles. The highest BCUT2D eigenvalue weighted by molar-refractivity contribution is 5.35. The Bertz CT molecular complexity index is 336. The highest BCUT2D eigenvalue weighted by Crippen LogP contribution is 2.16. The van der Waals surface area contributed by atoms with Crippen LogP contribution in [-0.4, -0.2) is 0 Å². The third kappa shape index (κ3) is 1.45. The minimum atomic E-state index is -0.200. The fourth-order valence-corrected chi connectivity index (χ4v) is 1.12. The monoisotopic (exact) mass is 163 g/mol. The maximum absolute atomic E-state index is 12.9. The van der Waals surface area contributed by atoms with Gasteiger partial charge in [-0.3, -0.25) is 0 Å². The lowest BCUT2D eigenvalue weighted by atomic mass is 10.0. The lowest BCUT2D eigenvalue weighted by Crippen LogP contribution is -1.93. The van der Waals surface area contributed by atoms with Crippen LogP contribution in [-0.2, 0) is 6.42 Å². The maximum Gasteiger partial charge on any atom is 0.126 e. The molecule has 0 fully saturated rings. The van der Waals surface area contributed by atoms with Gasteiger partial charge >= 0.3 is 0 Å². The standard InChI is InChI=1S/C10H10FN/c1-7-8(2)10(11)4-3-9(7)5-6-12/h3-4H,5H2,1-2H3. The van der Waals surface area contributed by atoms with Gasteiger partial charge in [0, 0.05) is 0 Å². The summed E-state index contributed by atoms with van der Waals surface area (Å²) in [4.78, 5) is 0. The van der Waals surface area contributed by atoms with Crippen LogP contribution in [0.3, 0.4) is 0 Å². The van der Waals surface area contributed by atoms with E-state index in [1.807, 2.05) is 13.0 Å². The molecule has 1 nitrogen and oxygen atoms in total. The first kappa shape index (κ1) is 8.73. The van der Waals surface area contributed by atoms with E-state index in [4.69, 9.17) is 5.26 Å². The second-order valence-electron chi connectivity index (χ2n) is 2.79. The van der Waals surface area contributed by atoms with Crippen LogP contribution in [0.2, 0.25) is 0 Å². The second-order valence-corrected chi connectivity index (χ2v) is 2.79. The third-order valence-electron chi connectivity index (χ3n) is 2.10.